The zero-order valence-electron chi connectivity index (χ0n) is 22.6. The van der Waals surface area contributed by atoms with Gasteiger partial charge in [0.15, 0.2) is 5.16 Å². The van der Waals surface area contributed by atoms with Crippen molar-refractivity contribution in [3.63, 3.8) is 0 Å². The van der Waals surface area contributed by atoms with Crippen molar-refractivity contribution in [3.05, 3.63) is 91.9 Å². The molecular weight excluding hydrogens is 575 g/mol. The normalized spacial score (nSPS) is 12.4. The Morgan fingerprint density at radius 3 is 2.63 bits per heavy atom. The van der Waals surface area contributed by atoms with Crippen LogP contribution < -0.4 is 10.9 Å². The minimum absolute atomic E-state index is 0.0196. The van der Waals surface area contributed by atoms with E-state index >= 15 is 0 Å². The van der Waals surface area contributed by atoms with Crippen LogP contribution in [0.1, 0.15) is 39.7 Å². The molecule has 3 aromatic heterocycles. The van der Waals surface area contributed by atoms with E-state index in [1.807, 2.05) is 66.9 Å². The van der Waals surface area contributed by atoms with Gasteiger partial charge in [0.1, 0.15) is 9.83 Å². The van der Waals surface area contributed by atoms with Gasteiger partial charge in [-0.15, -0.1) is 22.7 Å². The average Bonchev–Trinajstić information content (AvgIpc) is 3.68. The first-order valence-corrected chi connectivity index (χ1v) is 16.0. The number of anilines is 1. The monoisotopic (exact) mass is 601 g/mol. The van der Waals surface area contributed by atoms with Gasteiger partial charge in [-0.05, 0) is 56.4 Å². The van der Waals surface area contributed by atoms with Gasteiger partial charge in [-0.1, -0.05) is 59.8 Å². The number of fused-ring (bicyclic) bond motifs is 2. The Hall–Kier alpha value is -3.73. The van der Waals surface area contributed by atoms with Gasteiger partial charge in [0.25, 0.3) is 5.56 Å². The number of thiophene rings is 2. The highest BCUT2D eigenvalue weighted by atomic mass is 32.2. The van der Waals surface area contributed by atoms with Crippen molar-refractivity contribution in [2.75, 3.05) is 17.7 Å². The van der Waals surface area contributed by atoms with E-state index < -0.39 is 5.97 Å². The summed E-state index contributed by atoms with van der Waals surface area (Å²) in [6.07, 6.45) is 2.70. The molecule has 6 rings (SSSR count). The Balaban J connectivity index is 1.33. The molecule has 0 unspecified atom stereocenters. The number of rotatable bonds is 8. The fourth-order valence-electron chi connectivity index (χ4n) is 5.02. The average molecular weight is 602 g/mol. The molecule has 10 heteroatoms. The molecule has 1 N–H and O–H groups in total. The second-order valence-electron chi connectivity index (χ2n) is 9.68. The summed E-state index contributed by atoms with van der Waals surface area (Å²) in [6.45, 7) is 4.07. The molecule has 1 aliphatic rings. The minimum atomic E-state index is -0.401. The van der Waals surface area contributed by atoms with Crippen molar-refractivity contribution >= 4 is 61.5 Å². The highest BCUT2D eigenvalue weighted by Crippen LogP contribution is 2.40. The number of nitrogens with zero attached hydrogens (tertiary/aromatic N) is 2. The van der Waals surface area contributed by atoms with Crippen molar-refractivity contribution in [1.82, 2.24) is 9.55 Å². The number of hydrogen-bond acceptors (Lipinski definition) is 8. The second kappa shape index (κ2) is 11.6. The fraction of sp³-hybridized carbons (Fsp3) is 0.226. The molecule has 0 saturated heterocycles. The summed E-state index contributed by atoms with van der Waals surface area (Å²) in [5.41, 5.74) is 4.91. The van der Waals surface area contributed by atoms with Crippen molar-refractivity contribution in [2.45, 2.75) is 38.3 Å². The molecule has 3 heterocycles. The van der Waals surface area contributed by atoms with Gasteiger partial charge in [0, 0.05) is 15.8 Å². The topological polar surface area (TPSA) is 90.3 Å². The molecule has 1 amide bonds. The van der Waals surface area contributed by atoms with E-state index in [4.69, 9.17) is 9.72 Å². The second-order valence-corrected chi connectivity index (χ2v) is 12.6. The third-order valence-corrected chi connectivity index (χ3v) is 9.96. The number of aryl methyl sites for hydroxylation is 2. The molecule has 0 spiro atoms. The lowest BCUT2D eigenvalue weighted by Crippen LogP contribution is -2.23. The maximum Gasteiger partial charge on any atom is 0.341 e. The number of carbonyl (C=O) groups excluding carboxylic acids is 2. The number of aromatic nitrogens is 2. The van der Waals surface area contributed by atoms with Gasteiger partial charge in [0.2, 0.25) is 5.91 Å². The predicted octanol–water partition coefficient (Wildman–Crippen LogP) is 6.88. The van der Waals surface area contributed by atoms with E-state index in [-0.39, 0.29) is 23.8 Å². The summed E-state index contributed by atoms with van der Waals surface area (Å²) in [5.74, 6) is -0.658. The molecular formula is C31H27N3O4S3. The van der Waals surface area contributed by atoms with E-state index in [0.717, 1.165) is 46.4 Å². The van der Waals surface area contributed by atoms with Crippen molar-refractivity contribution in [3.8, 4) is 16.8 Å². The number of benzene rings is 2. The van der Waals surface area contributed by atoms with Crippen LogP contribution in [-0.2, 0) is 22.4 Å². The number of para-hydroxylation sites is 1. The summed E-state index contributed by atoms with van der Waals surface area (Å²) >= 11 is 4.06. The zero-order chi connectivity index (χ0) is 28.5. The van der Waals surface area contributed by atoms with Crippen LogP contribution in [0.5, 0.6) is 0 Å². The number of thioether (sulfide) groups is 1. The van der Waals surface area contributed by atoms with Crippen molar-refractivity contribution in [2.24, 2.45) is 0 Å². The van der Waals surface area contributed by atoms with Crippen LogP contribution in [0.4, 0.5) is 5.00 Å². The van der Waals surface area contributed by atoms with Gasteiger partial charge < -0.3 is 10.1 Å². The Morgan fingerprint density at radius 1 is 1.10 bits per heavy atom. The van der Waals surface area contributed by atoms with Gasteiger partial charge >= 0.3 is 5.97 Å². The summed E-state index contributed by atoms with van der Waals surface area (Å²) in [5, 5.41) is 6.42. The van der Waals surface area contributed by atoms with Crippen LogP contribution in [0, 0.1) is 6.92 Å². The smallest absolute Gasteiger partial charge is 0.341 e. The van der Waals surface area contributed by atoms with E-state index in [2.05, 4.69) is 5.32 Å². The van der Waals surface area contributed by atoms with Crippen molar-refractivity contribution in [1.29, 1.82) is 0 Å². The third kappa shape index (κ3) is 5.35. The molecule has 2 aromatic carbocycles. The van der Waals surface area contributed by atoms with Gasteiger partial charge in [-0.2, -0.15) is 0 Å². The molecule has 0 saturated carbocycles. The van der Waals surface area contributed by atoms with Crippen LogP contribution in [0.15, 0.2) is 69.9 Å². The Kier molecular flexibility index (Phi) is 7.79. The molecule has 0 fully saturated rings. The lowest BCUT2D eigenvalue weighted by Gasteiger charge is -2.13. The van der Waals surface area contributed by atoms with Crippen LogP contribution in [0.2, 0.25) is 0 Å². The first-order valence-electron chi connectivity index (χ1n) is 13.4. The maximum absolute atomic E-state index is 14.0. The predicted molar refractivity (Wildman–Crippen MR) is 167 cm³/mol. The molecule has 0 radical (unpaired) electrons. The maximum atomic E-state index is 14.0. The molecule has 7 nitrogen and oxygen atoms in total. The van der Waals surface area contributed by atoms with Crippen LogP contribution in [0.3, 0.4) is 0 Å². The highest BCUT2D eigenvalue weighted by molar-refractivity contribution is 7.99. The molecule has 0 bridgehead atoms. The Labute approximate surface area is 249 Å². The van der Waals surface area contributed by atoms with Crippen LogP contribution in [-0.4, -0.2) is 33.8 Å². The standard InChI is InChI=1S/C31H27N3O4S3/c1-3-38-30(37)26-21-10-7-11-23(21)41-28(26)32-24(35)17-40-31-33-27-25(29(36)34(31)20-8-5-4-6-9-20)22(16-39-27)19-14-12-18(2)13-15-19/h4-6,8-9,12-16H,3,7,10-11,17H2,1-2H3,(H,32,35). The van der Waals surface area contributed by atoms with Crippen LogP contribution in [0.25, 0.3) is 27.0 Å². The fourth-order valence-corrected chi connectivity index (χ4v) is 8.12. The SMILES string of the molecule is CCOC(=O)c1c(NC(=O)CSc2nc3scc(-c4ccc(C)cc4)c3c(=O)n2-c2ccccc2)sc2c1CCC2. The number of amides is 1. The summed E-state index contributed by atoms with van der Waals surface area (Å²) in [6, 6.07) is 17.4. The van der Waals surface area contributed by atoms with E-state index in [1.165, 1.54) is 34.4 Å². The molecule has 0 aliphatic heterocycles. The van der Waals surface area contributed by atoms with Crippen LogP contribution >= 0.6 is 34.4 Å². The highest BCUT2D eigenvalue weighted by Gasteiger charge is 2.28. The van der Waals surface area contributed by atoms with Crippen molar-refractivity contribution < 1.29 is 14.3 Å². The number of hydrogen-bond donors (Lipinski definition) is 1. The Morgan fingerprint density at radius 2 is 1.88 bits per heavy atom. The summed E-state index contributed by atoms with van der Waals surface area (Å²) in [4.78, 5) is 46.5. The van der Waals surface area contributed by atoms with Gasteiger partial charge in [-0.3, -0.25) is 14.2 Å². The molecule has 208 valence electrons. The molecule has 1 aliphatic carbocycles. The number of esters is 1. The number of ether oxygens (including phenoxy) is 1. The molecule has 41 heavy (non-hydrogen) atoms. The zero-order valence-corrected chi connectivity index (χ0v) is 25.0. The van der Waals surface area contributed by atoms with E-state index in [9.17, 15) is 14.4 Å². The third-order valence-electron chi connectivity index (χ3n) is 6.94. The van der Waals surface area contributed by atoms with E-state index in [1.54, 1.807) is 11.5 Å². The first kappa shape index (κ1) is 27.4. The first-order chi connectivity index (χ1) is 19.9. The van der Waals surface area contributed by atoms with E-state index in [0.29, 0.717) is 31.6 Å². The quantitative estimate of drug-likeness (QED) is 0.118. The van der Waals surface area contributed by atoms with Gasteiger partial charge in [0.05, 0.1) is 29.0 Å². The minimum Gasteiger partial charge on any atom is -0.462 e. The van der Waals surface area contributed by atoms with Gasteiger partial charge in [-0.25, -0.2) is 9.78 Å². The summed E-state index contributed by atoms with van der Waals surface area (Å²) < 4.78 is 6.86. The largest absolute Gasteiger partial charge is 0.462 e. The molecule has 5 aromatic rings. The molecule has 0 atom stereocenters. The lowest BCUT2D eigenvalue weighted by atomic mass is 10.1. The Bertz CT molecular complexity index is 1820. The summed E-state index contributed by atoms with van der Waals surface area (Å²) in [7, 11) is 0. The number of nitrogens with one attached hydrogen (secondary N) is 1. The lowest BCUT2D eigenvalue weighted by molar-refractivity contribution is -0.113. The number of carbonyl (C=O) groups is 2.